The predicted octanol–water partition coefficient (Wildman–Crippen LogP) is 1.96. The molecule has 2 heterocycles. The third kappa shape index (κ3) is 3.29. The van der Waals surface area contributed by atoms with Crippen LogP contribution in [-0.2, 0) is 9.59 Å². The molecule has 0 saturated carbocycles. The molecule has 3 rings (SSSR count). The lowest BCUT2D eigenvalue weighted by Crippen LogP contribution is -2.42. The summed E-state index contributed by atoms with van der Waals surface area (Å²) in [5, 5.41) is 0.646. The molecule has 23 heavy (non-hydrogen) atoms. The minimum absolute atomic E-state index is 0.00799. The summed E-state index contributed by atoms with van der Waals surface area (Å²) >= 11 is 5.91. The minimum Gasteiger partial charge on any atom is -0.483 e. The molecule has 2 amide bonds. The van der Waals surface area contributed by atoms with Crippen molar-refractivity contribution in [2.45, 2.75) is 13.3 Å². The van der Waals surface area contributed by atoms with Gasteiger partial charge in [0.1, 0.15) is 5.75 Å². The van der Waals surface area contributed by atoms with E-state index in [2.05, 4.69) is 0 Å². The molecule has 2 saturated heterocycles. The molecule has 1 aromatic carbocycles. The third-order valence-corrected chi connectivity index (χ3v) is 5.05. The van der Waals surface area contributed by atoms with Crippen molar-refractivity contribution in [1.82, 2.24) is 9.80 Å². The molecule has 2 aliphatic rings. The largest absolute Gasteiger partial charge is 0.483 e. The number of carbonyl (C=O) groups is 2. The normalized spacial score (nSPS) is 23.9. The number of hydrogen-bond acceptors (Lipinski definition) is 3. The van der Waals surface area contributed by atoms with Gasteiger partial charge >= 0.3 is 0 Å². The number of ether oxygens (including phenoxy) is 1. The first kappa shape index (κ1) is 16.1. The van der Waals surface area contributed by atoms with Gasteiger partial charge in [-0.3, -0.25) is 9.59 Å². The number of hydrogen-bond donors (Lipinski definition) is 0. The average molecular weight is 337 g/mol. The van der Waals surface area contributed by atoms with Gasteiger partial charge in [0.15, 0.2) is 6.61 Å². The highest BCUT2D eigenvalue weighted by Gasteiger charge is 2.43. The first-order valence-electron chi connectivity index (χ1n) is 7.87. The predicted molar refractivity (Wildman–Crippen MR) is 87.5 cm³/mol. The van der Waals surface area contributed by atoms with E-state index >= 15 is 0 Å². The molecule has 124 valence electrons. The van der Waals surface area contributed by atoms with Gasteiger partial charge in [-0.1, -0.05) is 11.6 Å². The lowest BCUT2D eigenvalue weighted by Gasteiger charge is -2.30. The lowest BCUT2D eigenvalue weighted by molar-refractivity contribution is -0.138. The summed E-state index contributed by atoms with van der Waals surface area (Å²) in [7, 11) is 1.83. The fraction of sp³-hybridized carbons (Fsp3) is 0.529. The van der Waals surface area contributed by atoms with E-state index in [9.17, 15) is 9.59 Å². The number of likely N-dealkylation sites (tertiary alicyclic amines) is 2. The Balaban J connectivity index is 1.58. The molecule has 2 atom stereocenters. The SMILES string of the molecule is Cc1cc(Cl)ccc1OCC(=O)N1C[C@H]2CCN(C)C(=O)[C@H]2C1. The van der Waals surface area contributed by atoms with Gasteiger partial charge in [0.2, 0.25) is 5.91 Å². The number of benzene rings is 1. The summed E-state index contributed by atoms with van der Waals surface area (Å²) in [6.07, 6.45) is 0.966. The molecule has 0 radical (unpaired) electrons. The number of halogens is 1. The Kier molecular flexibility index (Phi) is 4.48. The number of aryl methyl sites for hydroxylation is 1. The van der Waals surface area contributed by atoms with Gasteiger partial charge in [0, 0.05) is 31.7 Å². The molecule has 2 fully saturated rings. The maximum Gasteiger partial charge on any atom is 0.260 e. The molecule has 0 spiro atoms. The van der Waals surface area contributed by atoms with Gasteiger partial charge in [-0.15, -0.1) is 0 Å². The van der Waals surface area contributed by atoms with Gasteiger partial charge in [-0.2, -0.15) is 0 Å². The van der Waals surface area contributed by atoms with Crippen LogP contribution in [0.5, 0.6) is 5.75 Å². The van der Waals surface area contributed by atoms with Crippen LogP contribution in [0, 0.1) is 18.8 Å². The van der Waals surface area contributed by atoms with Gasteiger partial charge in [-0.25, -0.2) is 0 Å². The van der Waals surface area contributed by atoms with Crippen molar-refractivity contribution in [2.75, 3.05) is 33.3 Å². The van der Waals surface area contributed by atoms with Crippen LogP contribution >= 0.6 is 11.6 Å². The van der Waals surface area contributed by atoms with Crippen LogP contribution in [0.1, 0.15) is 12.0 Å². The Labute approximate surface area is 141 Å². The molecule has 0 unspecified atom stereocenters. The van der Waals surface area contributed by atoms with Crippen molar-refractivity contribution in [1.29, 1.82) is 0 Å². The summed E-state index contributed by atoms with van der Waals surface area (Å²) in [4.78, 5) is 28.1. The molecule has 1 aromatic rings. The van der Waals surface area contributed by atoms with Crippen LogP contribution in [0.3, 0.4) is 0 Å². The third-order valence-electron chi connectivity index (χ3n) is 4.81. The molecular weight excluding hydrogens is 316 g/mol. The first-order chi connectivity index (χ1) is 11.0. The number of nitrogens with zero attached hydrogens (tertiary/aromatic N) is 2. The minimum atomic E-state index is -0.0656. The summed E-state index contributed by atoms with van der Waals surface area (Å²) in [5.74, 6) is 1.00. The zero-order valence-corrected chi connectivity index (χ0v) is 14.2. The second kappa shape index (κ2) is 6.40. The summed E-state index contributed by atoms with van der Waals surface area (Å²) < 4.78 is 5.62. The molecule has 2 aliphatic heterocycles. The van der Waals surface area contributed by atoms with Gasteiger partial charge in [0.05, 0.1) is 5.92 Å². The van der Waals surface area contributed by atoms with Crippen LogP contribution in [-0.4, -0.2) is 54.9 Å². The standard InChI is InChI=1S/C17H21ClN2O3/c1-11-7-13(18)3-4-15(11)23-10-16(21)20-8-12-5-6-19(2)17(22)14(12)9-20/h3-4,7,12,14H,5-6,8-10H2,1-2H3/t12-,14+/m1/s1. The van der Waals surface area contributed by atoms with Gasteiger partial charge in [0.25, 0.3) is 5.91 Å². The fourth-order valence-corrected chi connectivity index (χ4v) is 3.63. The van der Waals surface area contributed by atoms with E-state index in [4.69, 9.17) is 16.3 Å². The van der Waals surface area contributed by atoms with E-state index in [0.29, 0.717) is 29.8 Å². The van der Waals surface area contributed by atoms with Gasteiger partial charge in [-0.05, 0) is 43.0 Å². The number of carbonyl (C=O) groups excluding carboxylic acids is 2. The molecule has 5 nitrogen and oxygen atoms in total. The summed E-state index contributed by atoms with van der Waals surface area (Å²) in [5.41, 5.74) is 0.900. The Bertz CT molecular complexity index is 634. The fourth-order valence-electron chi connectivity index (χ4n) is 3.41. The van der Waals surface area contributed by atoms with Crippen LogP contribution < -0.4 is 4.74 Å². The number of amides is 2. The second-order valence-corrected chi connectivity index (χ2v) is 6.85. The molecule has 0 bridgehead atoms. The van der Waals surface area contributed by atoms with E-state index in [1.165, 1.54) is 0 Å². The maximum absolute atomic E-state index is 12.4. The van der Waals surface area contributed by atoms with E-state index in [0.717, 1.165) is 18.5 Å². The van der Waals surface area contributed by atoms with E-state index in [1.54, 1.807) is 28.0 Å². The van der Waals surface area contributed by atoms with Crippen molar-refractivity contribution < 1.29 is 14.3 Å². The zero-order valence-electron chi connectivity index (χ0n) is 13.4. The van der Waals surface area contributed by atoms with E-state index in [-0.39, 0.29) is 24.3 Å². The van der Waals surface area contributed by atoms with Crippen molar-refractivity contribution >= 4 is 23.4 Å². The monoisotopic (exact) mass is 336 g/mol. The van der Waals surface area contributed by atoms with E-state index < -0.39 is 0 Å². The van der Waals surface area contributed by atoms with Crippen molar-refractivity contribution in [3.05, 3.63) is 28.8 Å². The highest BCUT2D eigenvalue weighted by Crippen LogP contribution is 2.31. The smallest absolute Gasteiger partial charge is 0.260 e. The van der Waals surface area contributed by atoms with Crippen molar-refractivity contribution in [3.63, 3.8) is 0 Å². The topological polar surface area (TPSA) is 49.9 Å². The Morgan fingerprint density at radius 3 is 2.91 bits per heavy atom. The molecule has 0 aliphatic carbocycles. The van der Waals surface area contributed by atoms with Gasteiger partial charge < -0.3 is 14.5 Å². The number of piperidine rings is 1. The lowest BCUT2D eigenvalue weighted by atomic mass is 9.88. The Morgan fingerprint density at radius 1 is 1.39 bits per heavy atom. The maximum atomic E-state index is 12.4. The number of rotatable bonds is 3. The first-order valence-corrected chi connectivity index (χ1v) is 8.25. The Hall–Kier alpha value is -1.75. The number of fused-ring (bicyclic) bond motifs is 1. The average Bonchev–Trinajstić information content (AvgIpc) is 2.95. The summed E-state index contributed by atoms with van der Waals surface area (Å²) in [6, 6.07) is 5.32. The highest BCUT2D eigenvalue weighted by atomic mass is 35.5. The molecule has 6 heteroatoms. The quantitative estimate of drug-likeness (QED) is 0.848. The van der Waals surface area contributed by atoms with Crippen LogP contribution in [0.25, 0.3) is 0 Å². The molecule has 0 aromatic heterocycles. The summed E-state index contributed by atoms with van der Waals surface area (Å²) in [6.45, 7) is 3.83. The van der Waals surface area contributed by atoms with Crippen LogP contribution in [0.15, 0.2) is 18.2 Å². The molecular formula is C17H21ClN2O3. The second-order valence-electron chi connectivity index (χ2n) is 6.41. The van der Waals surface area contributed by atoms with Crippen LogP contribution in [0.4, 0.5) is 0 Å². The van der Waals surface area contributed by atoms with Crippen LogP contribution in [0.2, 0.25) is 5.02 Å². The zero-order chi connectivity index (χ0) is 16.6. The van der Waals surface area contributed by atoms with Crippen molar-refractivity contribution in [3.8, 4) is 5.75 Å². The van der Waals surface area contributed by atoms with E-state index in [1.807, 2.05) is 14.0 Å². The van der Waals surface area contributed by atoms with Crippen molar-refractivity contribution in [2.24, 2.45) is 11.8 Å². The highest BCUT2D eigenvalue weighted by molar-refractivity contribution is 6.30. The Morgan fingerprint density at radius 2 is 2.17 bits per heavy atom. The molecule has 0 N–H and O–H groups in total.